The summed E-state index contributed by atoms with van der Waals surface area (Å²) in [5.41, 5.74) is 0.119. The first-order valence-electron chi connectivity index (χ1n) is 11.9. The van der Waals surface area contributed by atoms with Crippen molar-refractivity contribution in [3.05, 3.63) is 0 Å². The summed E-state index contributed by atoms with van der Waals surface area (Å²) in [6.07, 6.45) is 5.87. The molecule has 0 unspecified atom stereocenters. The van der Waals surface area contributed by atoms with Gasteiger partial charge < -0.3 is 20.4 Å². The quantitative estimate of drug-likeness (QED) is 0.571. The van der Waals surface area contributed by atoms with Gasteiger partial charge in [0, 0.05) is 6.42 Å². The average molecular weight is 409 g/mol. The molecule has 4 N–H and O–H groups in total. The lowest BCUT2D eigenvalue weighted by Crippen LogP contribution is -2.64. The van der Waals surface area contributed by atoms with Gasteiger partial charge in [-0.05, 0) is 97.7 Å². The SMILES string of the molecule is C[C@H](CCC(=O)O)[C@H]1CC[C@@H]2[C@H]3[C@H](O)[C@H](O)[C@@H]4C[C@H](O)CC[C@]4(C)[C@@H]3CC[C@@]21C. The molecule has 0 amide bonds. The monoisotopic (exact) mass is 408 g/mol. The molecule has 4 saturated carbocycles. The molecule has 0 heterocycles. The fourth-order valence-corrected chi connectivity index (χ4v) is 8.77. The highest BCUT2D eigenvalue weighted by Crippen LogP contribution is 2.68. The molecular formula is C24H40O5. The standard InChI is InChI=1S/C24H40O5/c1-13(4-7-19(26)27)15-5-6-16-20-17(9-11-23(15,16)2)24(3)10-8-14(25)12-18(24)21(28)22(20)29/h13-18,20-22,25,28-29H,4-12H2,1-3H3,(H,26,27)/t13-,14-,15-,16-,17-,18+,20-,21-,22+,23-,24-/m1/s1. The summed E-state index contributed by atoms with van der Waals surface area (Å²) in [4.78, 5) is 11.1. The molecule has 0 aromatic carbocycles. The van der Waals surface area contributed by atoms with Gasteiger partial charge in [-0.2, -0.15) is 0 Å². The first-order valence-corrected chi connectivity index (χ1v) is 11.9. The Morgan fingerprint density at radius 1 is 0.931 bits per heavy atom. The molecule has 29 heavy (non-hydrogen) atoms. The van der Waals surface area contributed by atoms with E-state index >= 15 is 0 Å². The van der Waals surface area contributed by atoms with Crippen LogP contribution in [0.2, 0.25) is 0 Å². The second-order valence-electron chi connectivity index (χ2n) is 11.5. The van der Waals surface area contributed by atoms with Crippen molar-refractivity contribution in [3.8, 4) is 0 Å². The van der Waals surface area contributed by atoms with Crippen LogP contribution < -0.4 is 0 Å². The third-order valence-corrected chi connectivity index (χ3v) is 10.3. The fraction of sp³-hybridized carbons (Fsp3) is 0.958. The van der Waals surface area contributed by atoms with E-state index in [1.165, 1.54) is 0 Å². The summed E-state index contributed by atoms with van der Waals surface area (Å²) in [5, 5.41) is 41.7. The van der Waals surface area contributed by atoms with E-state index in [0.717, 1.165) is 44.9 Å². The molecular weight excluding hydrogens is 368 g/mol. The minimum absolute atomic E-state index is 0.00309. The van der Waals surface area contributed by atoms with E-state index in [-0.39, 0.29) is 35.2 Å². The van der Waals surface area contributed by atoms with E-state index in [0.29, 0.717) is 30.1 Å². The number of carbonyl (C=O) groups is 1. The number of rotatable bonds is 4. The Labute approximate surface area is 174 Å². The van der Waals surface area contributed by atoms with Gasteiger partial charge in [-0.25, -0.2) is 0 Å². The van der Waals surface area contributed by atoms with Crippen LogP contribution in [0.5, 0.6) is 0 Å². The van der Waals surface area contributed by atoms with Crippen LogP contribution in [0.4, 0.5) is 0 Å². The first-order chi connectivity index (χ1) is 13.6. The van der Waals surface area contributed by atoms with Crippen molar-refractivity contribution in [1.29, 1.82) is 0 Å². The maximum absolute atomic E-state index is 11.3. The molecule has 5 heteroatoms. The number of aliphatic hydroxyl groups is 3. The maximum Gasteiger partial charge on any atom is 0.303 e. The molecule has 0 spiro atoms. The predicted octanol–water partition coefficient (Wildman–Crippen LogP) is 3.45. The lowest BCUT2D eigenvalue weighted by Gasteiger charge is -2.63. The van der Waals surface area contributed by atoms with Crippen LogP contribution in [0.3, 0.4) is 0 Å². The second kappa shape index (κ2) is 7.49. The number of hydrogen-bond donors (Lipinski definition) is 4. The second-order valence-corrected chi connectivity index (χ2v) is 11.5. The molecule has 4 rings (SSSR count). The molecule has 0 aromatic heterocycles. The minimum atomic E-state index is -0.748. The van der Waals surface area contributed by atoms with Crippen molar-refractivity contribution in [2.75, 3.05) is 0 Å². The summed E-state index contributed by atoms with van der Waals surface area (Å²) < 4.78 is 0. The highest BCUT2D eigenvalue weighted by Gasteiger charge is 2.65. The summed E-state index contributed by atoms with van der Waals surface area (Å²) in [6.45, 7) is 6.89. The van der Waals surface area contributed by atoms with Gasteiger partial charge >= 0.3 is 5.97 Å². The van der Waals surface area contributed by atoms with Crippen LogP contribution in [0, 0.1) is 46.3 Å². The molecule has 4 aliphatic carbocycles. The molecule has 5 nitrogen and oxygen atoms in total. The number of carboxylic acids is 1. The van der Waals surface area contributed by atoms with E-state index in [1.807, 2.05) is 0 Å². The fourth-order valence-electron chi connectivity index (χ4n) is 8.77. The highest BCUT2D eigenvalue weighted by molar-refractivity contribution is 5.66. The normalized spacial score (nSPS) is 52.9. The van der Waals surface area contributed by atoms with E-state index < -0.39 is 18.2 Å². The Balaban J connectivity index is 1.59. The molecule has 4 aliphatic rings. The Hall–Kier alpha value is -0.650. The lowest BCUT2D eigenvalue weighted by molar-refractivity contribution is -0.223. The molecule has 0 radical (unpaired) electrons. The van der Waals surface area contributed by atoms with Crippen LogP contribution >= 0.6 is 0 Å². The third-order valence-electron chi connectivity index (χ3n) is 10.3. The number of aliphatic carboxylic acids is 1. The Morgan fingerprint density at radius 3 is 2.28 bits per heavy atom. The predicted molar refractivity (Wildman–Crippen MR) is 110 cm³/mol. The van der Waals surface area contributed by atoms with Gasteiger partial charge in [0.1, 0.15) is 0 Å². The smallest absolute Gasteiger partial charge is 0.303 e. The number of fused-ring (bicyclic) bond motifs is 5. The molecule has 0 bridgehead atoms. The summed E-state index contributed by atoms with van der Waals surface area (Å²) in [7, 11) is 0. The molecule has 0 aliphatic heterocycles. The molecule has 0 saturated heterocycles. The topological polar surface area (TPSA) is 98.0 Å². The highest BCUT2D eigenvalue weighted by atomic mass is 16.4. The zero-order valence-corrected chi connectivity index (χ0v) is 18.3. The van der Waals surface area contributed by atoms with Crippen molar-refractivity contribution in [3.63, 3.8) is 0 Å². The zero-order chi connectivity index (χ0) is 21.1. The van der Waals surface area contributed by atoms with Gasteiger partial charge in [-0.1, -0.05) is 20.8 Å². The summed E-state index contributed by atoms with van der Waals surface area (Å²) in [6, 6.07) is 0. The van der Waals surface area contributed by atoms with Crippen LogP contribution in [0.25, 0.3) is 0 Å². The van der Waals surface area contributed by atoms with Gasteiger partial charge in [0.15, 0.2) is 0 Å². The molecule has 11 atom stereocenters. The van der Waals surface area contributed by atoms with E-state index in [4.69, 9.17) is 5.11 Å². The molecule has 4 fully saturated rings. The Morgan fingerprint density at radius 2 is 1.59 bits per heavy atom. The van der Waals surface area contributed by atoms with Crippen LogP contribution in [0.1, 0.15) is 78.6 Å². The van der Waals surface area contributed by atoms with E-state index in [1.54, 1.807) is 0 Å². The van der Waals surface area contributed by atoms with Crippen LogP contribution in [0.15, 0.2) is 0 Å². The maximum atomic E-state index is 11.3. The average Bonchev–Trinajstić information content (AvgIpc) is 3.02. The van der Waals surface area contributed by atoms with Gasteiger partial charge in [0.2, 0.25) is 0 Å². The van der Waals surface area contributed by atoms with Crippen molar-refractivity contribution in [1.82, 2.24) is 0 Å². The van der Waals surface area contributed by atoms with Gasteiger partial charge in [-0.3, -0.25) is 4.79 Å². The Bertz CT molecular complexity index is 637. The lowest BCUT2D eigenvalue weighted by atomic mass is 9.43. The number of hydrogen-bond acceptors (Lipinski definition) is 4. The zero-order valence-electron chi connectivity index (χ0n) is 18.3. The van der Waals surface area contributed by atoms with Gasteiger partial charge in [-0.15, -0.1) is 0 Å². The van der Waals surface area contributed by atoms with E-state index in [9.17, 15) is 20.1 Å². The van der Waals surface area contributed by atoms with Crippen LogP contribution in [-0.4, -0.2) is 44.7 Å². The first kappa shape index (κ1) is 21.6. The Kier molecular flexibility index (Phi) is 5.57. The number of carboxylic acid groups (broad SMARTS) is 1. The van der Waals surface area contributed by atoms with Gasteiger partial charge in [0.05, 0.1) is 18.3 Å². The molecule has 166 valence electrons. The van der Waals surface area contributed by atoms with Crippen molar-refractivity contribution in [2.45, 2.75) is 96.9 Å². The summed E-state index contributed by atoms with van der Waals surface area (Å²) in [5.74, 6) is 1.06. The van der Waals surface area contributed by atoms with Crippen molar-refractivity contribution in [2.24, 2.45) is 46.3 Å². The summed E-state index contributed by atoms with van der Waals surface area (Å²) >= 11 is 0. The van der Waals surface area contributed by atoms with Crippen molar-refractivity contribution < 1.29 is 25.2 Å². The molecule has 0 aromatic rings. The number of aliphatic hydroxyl groups excluding tert-OH is 3. The minimum Gasteiger partial charge on any atom is -0.481 e. The van der Waals surface area contributed by atoms with E-state index in [2.05, 4.69) is 20.8 Å². The van der Waals surface area contributed by atoms with Crippen molar-refractivity contribution >= 4 is 5.97 Å². The van der Waals surface area contributed by atoms with Gasteiger partial charge in [0.25, 0.3) is 0 Å². The van der Waals surface area contributed by atoms with Crippen LogP contribution in [-0.2, 0) is 4.79 Å². The largest absolute Gasteiger partial charge is 0.481 e. The third kappa shape index (κ3) is 3.27.